The summed E-state index contributed by atoms with van der Waals surface area (Å²) in [5.74, 6) is 0. The van der Waals surface area contributed by atoms with E-state index < -0.39 is 6.03 Å². The highest BCUT2D eigenvalue weighted by atomic mass is 16.2. The lowest BCUT2D eigenvalue weighted by Crippen LogP contribution is -2.17. The molecular formula is C8H7N3O. The molecule has 0 spiro atoms. The molecular weight excluding hydrogens is 154 g/mol. The van der Waals surface area contributed by atoms with Crippen molar-refractivity contribution in [2.75, 3.05) is 0 Å². The van der Waals surface area contributed by atoms with Crippen LogP contribution in [0.5, 0.6) is 0 Å². The van der Waals surface area contributed by atoms with E-state index in [1.54, 1.807) is 18.6 Å². The first-order chi connectivity index (χ1) is 5.77. The van der Waals surface area contributed by atoms with Gasteiger partial charge in [0.2, 0.25) is 0 Å². The van der Waals surface area contributed by atoms with Crippen LogP contribution in [-0.4, -0.2) is 15.6 Å². The van der Waals surface area contributed by atoms with E-state index in [-0.39, 0.29) is 0 Å². The molecule has 0 unspecified atom stereocenters. The van der Waals surface area contributed by atoms with Crippen molar-refractivity contribution < 1.29 is 4.79 Å². The number of aromatic nitrogens is 2. The third-order valence-corrected chi connectivity index (χ3v) is 1.67. The lowest BCUT2D eigenvalue weighted by Gasteiger charge is -1.89. The standard InChI is InChI=1S/C8H7N3O/c9-8(12)11-4-6-2-1-3-10-7(6)5-11/h1-5H,(H2,9,12). The van der Waals surface area contributed by atoms with Crippen LogP contribution < -0.4 is 5.73 Å². The van der Waals surface area contributed by atoms with Gasteiger partial charge in [-0.15, -0.1) is 0 Å². The van der Waals surface area contributed by atoms with Crippen molar-refractivity contribution in [3.63, 3.8) is 0 Å². The van der Waals surface area contributed by atoms with Crippen molar-refractivity contribution in [3.05, 3.63) is 30.7 Å². The fourth-order valence-electron chi connectivity index (χ4n) is 1.09. The molecule has 4 nitrogen and oxygen atoms in total. The van der Waals surface area contributed by atoms with E-state index in [2.05, 4.69) is 4.98 Å². The Morgan fingerprint density at radius 1 is 1.50 bits per heavy atom. The zero-order valence-corrected chi connectivity index (χ0v) is 6.27. The molecule has 1 amide bonds. The van der Waals surface area contributed by atoms with Gasteiger partial charge in [-0.25, -0.2) is 4.79 Å². The molecule has 0 aliphatic heterocycles. The van der Waals surface area contributed by atoms with Gasteiger partial charge in [0, 0.05) is 24.0 Å². The normalized spacial score (nSPS) is 10.3. The van der Waals surface area contributed by atoms with Crippen LogP contribution in [-0.2, 0) is 0 Å². The quantitative estimate of drug-likeness (QED) is 0.625. The molecule has 0 radical (unpaired) electrons. The van der Waals surface area contributed by atoms with Crippen molar-refractivity contribution in [3.8, 4) is 0 Å². The second kappa shape index (κ2) is 2.34. The Labute approximate surface area is 68.6 Å². The van der Waals surface area contributed by atoms with Gasteiger partial charge in [0.25, 0.3) is 0 Å². The molecule has 2 aromatic heterocycles. The molecule has 2 rings (SSSR count). The van der Waals surface area contributed by atoms with Crippen molar-refractivity contribution in [2.45, 2.75) is 0 Å². The fourth-order valence-corrected chi connectivity index (χ4v) is 1.09. The minimum Gasteiger partial charge on any atom is -0.351 e. The van der Waals surface area contributed by atoms with E-state index in [0.717, 1.165) is 10.9 Å². The number of amides is 1. The van der Waals surface area contributed by atoms with E-state index in [0.29, 0.717) is 0 Å². The van der Waals surface area contributed by atoms with E-state index in [1.807, 2.05) is 12.1 Å². The minimum absolute atomic E-state index is 0.493. The van der Waals surface area contributed by atoms with Gasteiger partial charge < -0.3 is 5.73 Å². The first kappa shape index (κ1) is 6.84. The number of primary amides is 1. The summed E-state index contributed by atoms with van der Waals surface area (Å²) in [4.78, 5) is 14.8. The molecule has 0 atom stereocenters. The lowest BCUT2D eigenvalue weighted by molar-refractivity contribution is 0.250. The average Bonchev–Trinajstić information content (AvgIpc) is 2.46. The number of hydrogen-bond donors (Lipinski definition) is 1. The Morgan fingerprint density at radius 3 is 3.00 bits per heavy atom. The van der Waals surface area contributed by atoms with Crippen molar-refractivity contribution in [2.24, 2.45) is 5.73 Å². The Bertz CT molecular complexity index is 400. The maximum absolute atomic E-state index is 10.7. The molecule has 0 aliphatic rings. The number of nitrogens with two attached hydrogens (primary N) is 1. The summed E-state index contributed by atoms with van der Waals surface area (Å²) >= 11 is 0. The second-order valence-electron chi connectivity index (χ2n) is 2.48. The molecule has 12 heavy (non-hydrogen) atoms. The maximum Gasteiger partial charge on any atom is 0.322 e. The summed E-state index contributed by atoms with van der Waals surface area (Å²) in [6.07, 6.45) is 4.94. The average molecular weight is 161 g/mol. The van der Waals surface area contributed by atoms with Crippen molar-refractivity contribution in [1.82, 2.24) is 9.55 Å². The highest BCUT2D eigenvalue weighted by Crippen LogP contribution is 2.10. The predicted molar refractivity (Wildman–Crippen MR) is 44.7 cm³/mol. The van der Waals surface area contributed by atoms with Gasteiger partial charge >= 0.3 is 6.03 Å². The number of pyridine rings is 1. The summed E-state index contributed by atoms with van der Waals surface area (Å²) in [5.41, 5.74) is 5.85. The molecule has 0 bridgehead atoms. The van der Waals surface area contributed by atoms with Crippen LogP contribution >= 0.6 is 0 Å². The van der Waals surface area contributed by atoms with Gasteiger partial charge in [-0.1, -0.05) is 0 Å². The van der Waals surface area contributed by atoms with Crippen LogP contribution in [0.1, 0.15) is 0 Å². The molecule has 0 saturated carbocycles. The summed E-state index contributed by atoms with van der Waals surface area (Å²) in [7, 11) is 0. The molecule has 4 heteroatoms. The Hall–Kier alpha value is -1.84. The lowest BCUT2D eigenvalue weighted by atomic mass is 10.3. The number of carbonyl (C=O) groups excluding carboxylic acids is 1. The van der Waals surface area contributed by atoms with Gasteiger partial charge in [0.15, 0.2) is 0 Å². The van der Waals surface area contributed by atoms with E-state index in [1.165, 1.54) is 4.57 Å². The van der Waals surface area contributed by atoms with Crippen LogP contribution in [0, 0.1) is 0 Å². The van der Waals surface area contributed by atoms with Crippen LogP contribution in [0.4, 0.5) is 4.79 Å². The largest absolute Gasteiger partial charge is 0.351 e. The molecule has 2 aromatic rings. The minimum atomic E-state index is -0.493. The second-order valence-corrected chi connectivity index (χ2v) is 2.48. The summed E-state index contributed by atoms with van der Waals surface area (Å²) < 4.78 is 1.32. The highest BCUT2D eigenvalue weighted by molar-refractivity contribution is 5.85. The smallest absolute Gasteiger partial charge is 0.322 e. The van der Waals surface area contributed by atoms with Crippen molar-refractivity contribution >= 4 is 16.9 Å². The SMILES string of the molecule is NC(=O)n1cc2cccnc2c1. The fraction of sp³-hybridized carbons (Fsp3) is 0. The Morgan fingerprint density at radius 2 is 2.33 bits per heavy atom. The van der Waals surface area contributed by atoms with E-state index >= 15 is 0 Å². The van der Waals surface area contributed by atoms with E-state index in [9.17, 15) is 4.79 Å². The first-order valence-corrected chi connectivity index (χ1v) is 3.50. The van der Waals surface area contributed by atoms with Crippen LogP contribution in [0.25, 0.3) is 10.9 Å². The monoisotopic (exact) mass is 161 g/mol. The molecule has 2 heterocycles. The molecule has 0 aliphatic carbocycles. The predicted octanol–water partition coefficient (Wildman–Crippen LogP) is 0.963. The first-order valence-electron chi connectivity index (χ1n) is 3.50. The zero-order valence-electron chi connectivity index (χ0n) is 6.27. The summed E-state index contributed by atoms with van der Waals surface area (Å²) in [6.45, 7) is 0. The molecule has 60 valence electrons. The van der Waals surface area contributed by atoms with Crippen LogP contribution in [0.15, 0.2) is 30.7 Å². The molecule has 2 N–H and O–H groups in total. The number of nitrogens with zero attached hydrogens (tertiary/aromatic N) is 2. The van der Waals surface area contributed by atoms with Crippen molar-refractivity contribution in [1.29, 1.82) is 0 Å². The third kappa shape index (κ3) is 0.934. The van der Waals surface area contributed by atoms with Crippen LogP contribution in [0.2, 0.25) is 0 Å². The van der Waals surface area contributed by atoms with Gasteiger partial charge in [-0.05, 0) is 12.1 Å². The van der Waals surface area contributed by atoms with E-state index in [4.69, 9.17) is 5.73 Å². The third-order valence-electron chi connectivity index (χ3n) is 1.67. The summed E-state index contributed by atoms with van der Waals surface area (Å²) in [5, 5.41) is 0.913. The maximum atomic E-state index is 10.7. The number of hydrogen-bond acceptors (Lipinski definition) is 2. The Kier molecular flexibility index (Phi) is 1.33. The van der Waals surface area contributed by atoms with Gasteiger partial charge in [-0.2, -0.15) is 0 Å². The highest BCUT2D eigenvalue weighted by Gasteiger charge is 2.01. The molecule has 0 fully saturated rings. The molecule has 0 aromatic carbocycles. The summed E-state index contributed by atoms with van der Waals surface area (Å²) in [6, 6.07) is 3.20. The van der Waals surface area contributed by atoms with Gasteiger partial charge in [0.05, 0.1) is 5.52 Å². The number of fused-ring (bicyclic) bond motifs is 1. The van der Waals surface area contributed by atoms with Gasteiger partial charge in [-0.3, -0.25) is 9.55 Å². The van der Waals surface area contributed by atoms with Crippen LogP contribution in [0.3, 0.4) is 0 Å². The Balaban J connectivity index is 2.70. The number of carbonyl (C=O) groups is 1. The zero-order chi connectivity index (χ0) is 8.55. The number of rotatable bonds is 0. The topological polar surface area (TPSA) is 60.9 Å². The van der Waals surface area contributed by atoms with Gasteiger partial charge in [0.1, 0.15) is 0 Å². The molecule has 0 saturated heterocycles.